The fraction of sp³-hybridized carbons (Fsp3) is 0.0667. The lowest BCUT2D eigenvalue weighted by molar-refractivity contribution is 0.484. The van der Waals surface area contributed by atoms with Gasteiger partial charge in [-0.1, -0.05) is 48.0 Å². The first kappa shape index (κ1) is 14.3. The Morgan fingerprint density at radius 1 is 1.05 bits per heavy atom. The van der Waals surface area contributed by atoms with Gasteiger partial charge in [-0.15, -0.1) is 10.2 Å². The molecule has 6 heteroatoms. The highest BCUT2D eigenvalue weighted by atomic mass is 79.9. The van der Waals surface area contributed by atoms with E-state index >= 15 is 0 Å². The number of nitrogens with two attached hydrogens (primary N) is 1. The summed E-state index contributed by atoms with van der Waals surface area (Å²) in [6, 6.07) is 14.6. The monoisotopic (exact) mass is 363 g/mol. The van der Waals surface area contributed by atoms with Gasteiger partial charge < -0.3 is 10.2 Å². The van der Waals surface area contributed by atoms with Crippen LogP contribution in [0.25, 0.3) is 11.5 Å². The van der Waals surface area contributed by atoms with Crippen LogP contribution in [-0.2, 0) is 0 Å². The second-order valence-corrected chi connectivity index (χ2v) is 5.67. The quantitative estimate of drug-likeness (QED) is 0.756. The largest absolute Gasteiger partial charge is 0.419 e. The van der Waals surface area contributed by atoms with Crippen molar-refractivity contribution in [3.05, 3.63) is 69.5 Å². The van der Waals surface area contributed by atoms with Gasteiger partial charge in [0.1, 0.15) is 6.04 Å². The van der Waals surface area contributed by atoms with E-state index in [1.165, 1.54) is 0 Å². The minimum Gasteiger partial charge on any atom is -0.419 e. The summed E-state index contributed by atoms with van der Waals surface area (Å²) in [6.07, 6.45) is 0. The number of hydrogen-bond acceptors (Lipinski definition) is 4. The minimum absolute atomic E-state index is 0.350. The summed E-state index contributed by atoms with van der Waals surface area (Å²) in [7, 11) is 0. The van der Waals surface area contributed by atoms with Crippen LogP contribution in [0.4, 0.5) is 0 Å². The van der Waals surface area contributed by atoms with Gasteiger partial charge in [0.05, 0.1) is 10.6 Å². The first-order valence-electron chi connectivity index (χ1n) is 6.25. The Balaban J connectivity index is 1.95. The predicted octanol–water partition coefficient (Wildman–Crippen LogP) is 4.20. The second-order valence-electron chi connectivity index (χ2n) is 4.44. The lowest BCUT2D eigenvalue weighted by atomic mass is 10.1. The summed E-state index contributed by atoms with van der Waals surface area (Å²) in [4.78, 5) is 0. The number of nitrogens with zero attached hydrogens (tertiary/aromatic N) is 2. The molecule has 2 N–H and O–H groups in total. The molecule has 0 amide bonds. The minimum atomic E-state index is -0.460. The van der Waals surface area contributed by atoms with Crippen LogP contribution in [0.5, 0.6) is 0 Å². The van der Waals surface area contributed by atoms with Gasteiger partial charge in [-0.05, 0) is 33.6 Å². The first-order chi connectivity index (χ1) is 10.2. The van der Waals surface area contributed by atoms with Gasteiger partial charge in [0, 0.05) is 4.47 Å². The first-order valence-corrected chi connectivity index (χ1v) is 7.42. The van der Waals surface area contributed by atoms with Crippen molar-refractivity contribution in [3.63, 3.8) is 0 Å². The molecule has 0 spiro atoms. The van der Waals surface area contributed by atoms with Crippen LogP contribution in [0, 0.1) is 0 Å². The van der Waals surface area contributed by atoms with Crippen molar-refractivity contribution >= 4 is 27.5 Å². The molecular formula is C15H11BrClN3O. The summed E-state index contributed by atoms with van der Waals surface area (Å²) in [5, 5.41) is 8.59. The summed E-state index contributed by atoms with van der Waals surface area (Å²) in [5.74, 6) is 0.704. The molecule has 0 aliphatic rings. The lowest BCUT2D eigenvalue weighted by Crippen LogP contribution is -2.11. The Kier molecular flexibility index (Phi) is 4.05. The van der Waals surface area contributed by atoms with E-state index in [0.717, 1.165) is 10.0 Å². The van der Waals surface area contributed by atoms with E-state index in [0.29, 0.717) is 22.4 Å². The van der Waals surface area contributed by atoms with Crippen LogP contribution >= 0.6 is 27.5 Å². The molecule has 0 saturated carbocycles. The molecule has 1 atom stereocenters. The third-order valence-electron chi connectivity index (χ3n) is 3.05. The van der Waals surface area contributed by atoms with E-state index in [2.05, 4.69) is 26.1 Å². The number of halogens is 2. The Hall–Kier alpha value is -1.69. The molecule has 3 rings (SSSR count). The summed E-state index contributed by atoms with van der Waals surface area (Å²) < 4.78 is 6.44. The van der Waals surface area contributed by atoms with Gasteiger partial charge in [0.15, 0.2) is 0 Å². The van der Waals surface area contributed by atoms with Gasteiger partial charge in [0.2, 0.25) is 11.8 Å². The second kappa shape index (κ2) is 5.97. The van der Waals surface area contributed by atoms with Crippen molar-refractivity contribution < 1.29 is 4.42 Å². The summed E-state index contributed by atoms with van der Waals surface area (Å²) in [5.41, 5.74) is 7.72. The van der Waals surface area contributed by atoms with Crippen LogP contribution in [0.15, 0.2) is 57.4 Å². The number of benzene rings is 2. The predicted molar refractivity (Wildman–Crippen MR) is 84.9 cm³/mol. The maximum absolute atomic E-state index is 6.23. The Bertz CT molecular complexity index is 761. The van der Waals surface area contributed by atoms with E-state index in [4.69, 9.17) is 21.8 Å². The average Bonchev–Trinajstić information content (AvgIpc) is 3.00. The van der Waals surface area contributed by atoms with Crippen molar-refractivity contribution in [2.24, 2.45) is 5.73 Å². The molecule has 106 valence electrons. The third-order valence-corrected chi connectivity index (χ3v) is 4.34. The standard InChI is InChI=1S/C15H11BrClN3O/c16-11-8-4-7-10(12(11)17)14-19-20-15(21-14)13(18)9-5-2-1-3-6-9/h1-8,13H,18H2. The molecule has 0 saturated heterocycles. The van der Waals surface area contributed by atoms with Crippen LogP contribution in [0.3, 0.4) is 0 Å². The molecule has 0 radical (unpaired) electrons. The van der Waals surface area contributed by atoms with Crippen LogP contribution in [-0.4, -0.2) is 10.2 Å². The maximum Gasteiger partial charge on any atom is 0.249 e. The Morgan fingerprint density at radius 2 is 1.81 bits per heavy atom. The lowest BCUT2D eigenvalue weighted by Gasteiger charge is -2.06. The average molecular weight is 365 g/mol. The van der Waals surface area contributed by atoms with Crippen molar-refractivity contribution in [2.75, 3.05) is 0 Å². The van der Waals surface area contributed by atoms with Gasteiger partial charge in [-0.25, -0.2) is 0 Å². The van der Waals surface area contributed by atoms with Gasteiger partial charge in [0.25, 0.3) is 0 Å². The highest BCUT2D eigenvalue weighted by molar-refractivity contribution is 9.10. The normalized spacial score (nSPS) is 12.3. The fourth-order valence-electron chi connectivity index (χ4n) is 1.94. The molecule has 3 aromatic rings. The SMILES string of the molecule is NC(c1ccccc1)c1nnc(-c2cccc(Br)c2Cl)o1. The molecule has 21 heavy (non-hydrogen) atoms. The van der Waals surface area contributed by atoms with E-state index in [-0.39, 0.29) is 0 Å². The van der Waals surface area contributed by atoms with Gasteiger partial charge in [-0.2, -0.15) is 0 Å². The molecule has 1 unspecified atom stereocenters. The molecule has 0 aliphatic heterocycles. The topological polar surface area (TPSA) is 64.9 Å². The number of aromatic nitrogens is 2. The summed E-state index contributed by atoms with van der Waals surface area (Å²) >= 11 is 9.60. The fourth-order valence-corrected chi connectivity index (χ4v) is 2.51. The van der Waals surface area contributed by atoms with Crippen LogP contribution < -0.4 is 5.73 Å². The Morgan fingerprint density at radius 3 is 2.57 bits per heavy atom. The van der Waals surface area contributed by atoms with Gasteiger partial charge in [-0.3, -0.25) is 0 Å². The van der Waals surface area contributed by atoms with E-state index in [9.17, 15) is 0 Å². The summed E-state index contributed by atoms with van der Waals surface area (Å²) in [6.45, 7) is 0. The highest BCUT2D eigenvalue weighted by Crippen LogP contribution is 2.33. The smallest absolute Gasteiger partial charge is 0.249 e. The van der Waals surface area contributed by atoms with Crippen molar-refractivity contribution in [3.8, 4) is 11.5 Å². The molecule has 0 bridgehead atoms. The van der Waals surface area contributed by atoms with E-state index < -0.39 is 6.04 Å². The Labute approximate surface area is 135 Å². The maximum atomic E-state index is 6.23. The van der Waals surface area contributed by atoms with Gasteiger partial charge >= 0.3 is 0 Å². The van der Waals surface area contributed by atoms with Crippen LogP contribution in [0.2, 0.25) is 5.02 Å². The van der Waals surface area contributed by atoms with E-state index in [1.807, 2.05) is 48.5 Å². The molecule has 1 heterocycles. The molecular weight excluding hydrogens is 354 g/mol. The molecule has 1 aromatic heterocycles. The molecule has 0 aliphatic carbocycles. The molecule has 4 nitrogen and oxygen atoms in total. The zero-order valence-electron chi connectivity index (χ0n) is 10.8. The van der Waals surface area contributed by atoms with Crippen molar-refractivity contribution in [1.29, 1.82) is 0 Å². The zero-order valence-corrected chi connectivity index (χ0v) is 13.2. The zero-order chi connectivity index (χ0) is 14.8. The van der Waals surface area contributed by atoms with Crippen molar-refractivity contribution in [1.82, 2.24) is 10.2 Å². The van der Waals surface area contributed by atoms with E-state index in [1.54, 1.807) is 0 Å². The molecule has 2 aromatic carbocycles. The number of rotatable bonds is 3. The van der Waals surface area contributed by atoms with Crippen molar-refractivity contribution in [2.45, 2.75) is 6.04 Å². The highest BCUT2D eigenvalue weighted by Gasteiger charge is 2.18. The molecule has 0 fully saturated rings. The van der Waals surface area contributed by atoms with Crippen LogP contribution in [0.1, 0.15) is 17.5 Å². The third kappa shape index (κ3) is 2.85. The number of hydrogen-bond donors (Lipinski definition) is 1.